The Kier molecular flexibility index (Phi) is 3.31. The molecule has 20 heavy (non-hydrogen) atoms. The molecule has 1 N–H and O–H groups in total. The topological polar surface area (TPSA) is 50.9 Å². The average Bonchev–Trinajstić information content (AvgIpc) is 2.97. The largest absolute Gasteiger partial charge is 0.380 e. The number of aryl methyl sites for hydroxylation is 1. The Balaban J connectivity index is 2.03. The molecule has 1 heterocycles. The maximum Gasteiger partial charge on any atom is 0.170 e. The van der Waals surface area contributed by atoms with Gasteiger partial charge in [-0.3, -0.25) is 4.57 Å². The molecule has 1 aromatic heterocycles. The summed E-state index contributed by atoms with van der Waals surface area (Å²) in [5.74, 6) is 0.516. The van der Waals surface area contributed by atoms with Gasteiger partial charge >= 0.3 is 0 Å². The molecule has 2 aromatic carbocycles. The van der Waals surface area contributed by atoms with Gasteiger partial charge in [-0.25, -0.2) is 0 Å². The Labute approximate surface area is 117 Å². The number of benzene rings is 2. The van der Waals surface area contributed by atoms with Crippen molar-refractivity contribution in [3.05, 3.63) is 77.9 Å². The fourth-order valence-electron chi connectivity index (χ4n) is 2.19. The van der Waals surface area contributed by atoms with Crippen LogP contribution in [0.15, 0.2) is 60.9 Å². The van der Waals surface area contributed by atoms with Crippen LogP contribution in [0.25, 0.3) is 5.69 Å². The number of rotatable bonds is 3. The van der Waals surface area contributed by atoms with Crippen molar-refractivity contribution >= 4 is 0 Å². The maximum absolute atomic E-state index is 10.5. The number of hydrogen-bond acceptors (Lipinski definition) is 3. The number of aliphatic hydroxyl groups excluding tert-OH is 1. The van der Waals surface area contributed by atoms with Gasteiger partial charge in [0.05, 0.1) is 0 Å². The molecular weight excluding hydrogens is 250 g/mol. The van der Waals surface area contributed by atoms with E-state index in [2.05, 4.69) is 10.2 Å². The fraction of sp³-hybridized carbons (Fsp3) is 0.125. The molecule has 0 bridgehead atoms. The Morgan fingerprint density at radius 1 is 1.05 bits per heavy atom. The molecule has 1 atom stereocenters. The molecule has 4 heteroatoms. The first-order valence-electron chi connectivity index (χ1n) is 6.45. The zero-order chi connectivity index (χ0) is 13.9. The number of hydrogen-bond donors (Lipinski definition) is 1. The van der Waals surface area contributed by atoms with Gasteiger partial charge < -0.3 is 5.11 Å². The van der Waals surface area contributed by atoms with E-state index in [9.17, 15) is 5.11 Å². The molecule has 0 saturated heterocycles. The minimum Gasteiger partial charge on any atom is -0.380 e. The molecule has 0 spiro atoms. The minimum absolute atomic E-state index is 0.516. The first-order valence-corrected chi connectivity index (χ1v) is 6.45. The lowest BCUT2D eigenvalue weighted by atomic mass is 10.1. The van der Waals surface area contributed by atoms with E-state index in [4.69, 9.17) is 0 Å². The summed E-state index contributed by atoms with van der Waals surface area (Å²) in [5, 5.41) is 18.5. The third-order valence-corrected chi connectivity index (χ3v) is 3.21. The summed E-state index contributed by atoms with van der Waals surface area (Å²) in [7, 11) is 0. The Bertz CT molecular complexity index is 707. The third kappa shape index (κ3) is 2.33. The summed E-state index contributed by atoms with van der Waals surface area (Å²) in [4.78, 5) is 0. The SMILES string of the molecule is Cc1cccc(-n2cnnc2C(O)c2ccccc2)c1. The highest BCUT2D eigenvalue weighted by Gasteiger charge is 2.17. The van der Waals surface area contributed by atoms with Crippen molar-refractivity contribution in [2.45, 2.75) is 13.0 Å². The zero-order valence-electron chi connectivity index (χ0n) is 11.1. The van der Waals surface area contributed by atoms with E-state index >= 15 is 0 Å². The van der Waals surface area contributed by atoms with Gasteiger partial charge in [-0.1, -0.05) is 42.5 Å². The molecule has 3 rings (SSSR count). The smallest absolute Gasteiger partial charge is 0.170 e. The summed E-state index contributed by atoms with van der Waals surface area (Å²) in [6.07, 6.45) is 0.829. The van der Waals surface area contributed by atoms with E-state index < -0.39 is 6.10 Å². The standard InChI is InChI=1S/C16H15N3O/c1-12-6-5-9-14(10-12)19-11-17-18-16(19)15(20)13-7-3-2-4-8-13/h2-11,15,20H,1H3. The Morgan fingerprint density at radius 2 is 1.85 bits per heavy atom. The minimum atomic E-state index is -0.792. The van der Waals surface area contributed by atoms with Gasteiger partial charge in [-0.15, -0.1) is 10.2 Å². The molecule has 0 aliphatic heterocycles. The van der Waals surface area contributed by atoms with Crippen LogP contribution in [0, 0.1) is 6.92 Å². The Hall–Kier alpha value is -2.46. The van der Waals surface area contributed by atoms with Gasteiger partial charge in [-0.05, 0) is 30.2 Å². The highest BCUT2D eigenvalue weighted by molar-refractivity contribution is 5.37. The second-order valence-corrected chi connectivity index (χ2v) is 4.71. The molecule has 0 saturated carbocycles. The van der Waals surface area contributed by atoms with Crippen molar-refractivity contribution < 1.29 is 5.11 Å². The second-order valence-electron chi connectivity index (χ2n) is 4.71. The van der Waals surface area contributed by atoms with Crippen molar-refractivity contribution in [2.24, 2.45) is 0 Å². The summed E-state index contributed by atoms with van der Waals surface area (Å²) >= 11 is 0. The maximum atomic E-state index is 10.5. The normalized spacial score (nSPS) is 12.3. The van der Waals surface area contributed by atoms with E-state index in [1.165, 1.54) is 0 Å². The van der Waals surface area contributed by atoms with Crippen molar-refractivity contribution in [3.63, 3.8) is 0 Å². The average molecular weight is 265 g/mol. The highest BCUT2D eigenvalue weighted by atomic mass is 16.3. The van der Waals surface area contributed by atoms with Crippen LogP contribution in [-0.4, -0.2) is 19.9 Å². The van der Waals surface area contributed by atoms with Gasteiger partial charge in [0, 0.05) is 5.69 Å². The molecule has 0 aliphatic rings. The fourth-order valence-corrected chi connectivity index (χ4v) is 2.19. The van der Waals surface area contributed by atoms with E-state index in [-0.39, 0.29) is 0 Å². The Morgan fingerprint density at radius 3 is 2.60 bits per heavy atom. The van der Waals surface area contributed by atoms with Crippen LogP contribution in [0.4, 0.5) is 0 Å². The van der Waals surface area contributed by atoms with Gasteiger partial charge in [0.25, 0.3) is 0 Å². The quantitative estimate of drug-likeness (QED) is 0.792. The van der Waals surface area contributed by atoms with Gasteiger partial charge in [0.2, 0.25) is 0 Å². The zero-order valence-corrected chi connectivity index (χ0v) is 11.1. The first-order chi connectivity index (χ1) is 9.75. The van der Waals surface area contributed by atoms with E-state index in [0.717, 1.165) is 16.8 Å². The molecule has 1 unspecified atom stereocenters. The van der Waals surface area contributed by atoms with Crippen LogP contribution in [0.1, 0.15) is 23.1 Å². The first kappa shape index (κ1) is 12.6. The lowest BCUT2D eigenvalue weighted by Gasteiger charge is -2.12. The molecule has 0 aliphatic carbocycles. The number of aromatic nitrogens is 3. The van der Waals surface area contributed by atoms with Crippen LogP contribution < -0.4 is 0 Å². The lowest BCUT2D eigenvalue weighted by Crippen LogP contribution is -2.08. The molecule has 4 nitrogen and oxygen atoms in total. The van der Waals surface area contributed by atoms with Crippen molar-refractivity contribution in [1.29, 1.82) is 0 Å². The second kappa shape index (κ2) is 5.27. The third-order valence-electron chi connectivity index (χ3n) is 3.21. The van der Waals surface area contributed by atoms with Crippen LogP contribution in [0.5, 0.6) is 0 Å². The van der Waals surface area contributed by atoms with Crippen LogP contribution in [-0.2, 0) is 0 Å². The number of nitrogens with zero attached hydrogens (tertiary/aromatic N) is 3. The van der Waals surface area contributed by atoms with E-state index in [0.29, 0.717) is 5.82 Å². The summed E-state index contributed by atoms with van der Waals surface area (Å²) in [5.41, 5.74) is 2.89. The monoisotopic (exact) mass is 265 g/mol. The van der Waals surface area contributed by atoms with Gasteiger partial charge in [0.15, 0.2) is 5.82 Å². The predicted molar refractivity (Wildman–Crippen MR) is 76.6 cm³/mol. The highest BCUT2D eigenvalue weighted by Crippen LogP contribution is 2.22. The summed E-state index contributed by atoms with van der Waals surface area (Å²) < 4.78 is 1.81. The van der Waals surface area contributed by atoms with Crippen molar-refractivity contribution in [1.82, 2.24) is 14.8 Å². The molecular formula is C16H15N3O. The molecule has 0 radical (unpaired) electrons. The number of aliphatic hydroxyl groups is 1. The van der Waals surface area contributed by atoms with Crippen LogP contribution in [0.2, 0.25) is 0 Å². The molecule has 0 amide bonds. The van der Waals surface area contributed by atoms with Crippen LogP contribution >= 0.6 is 0 Å². The predicted octanol–water partition coefficient (Wildman–Crippen LogP) is 2.66. The molecule has 100 valence electrons. The summed E-state index contributed by atoms with van der Waals surface area (Å²) in [6, 6.07) is 17.5. The summed E-state index contributed by atoms with van der Waals surface area (Å²) in [6.45, 7) is 2.03. The van der Waals surface area contributed by atoms with E-state index in [1.54, 1.807) is 6.33 Å². The van der Waals surface area contributed by atoms with Crippen molar-refractivity contribution in [3.8, 4) is 5.69 Å². The van der Waals surface area contributed by atoms with E-state index in [1.807, 2.05) is 66.1 Å². The lowest BCUT2D eigenvalue weighted by molar-refractivity contribution is 0.207. The van der Waals surface area contributed by atoms with Crippen molar-refractivity contribution in [2.75, 3.05) is 0 Å². The van der Waals surface area contributed by atoms with Gasteiger partial charge in [0.1, 0.15) is 12.4 Å². The molecule has 3 aromatic rings. The molecule has 0 fully saturated rings. The van der Waals surface area contributed by atoms with Crippen LogP contribution in [0.3, 0.4) is 0 Å². The van der Waals surface area contributed by atoms with Gasteiger partial charge in [-0.2, -0.15) is 0 Å².